The van der Waals surface area contributed by atoms with E-state index in [0.29, 0.717) is 5.56 Å². The van der Waals surface area contributed by atoms with Crippen LogP contribution < -0.4 is 4.74 Å². The lowest BCUT2D eigenvalue weighted by atomic mass is 10.1. The van der Waals surface area contributed by atoms with Gasteiger partial charge in [-0.2, -0.15) is 0 Å². The molecule has 2 rings (SSSR count). The summed E-state index contributed by atoms with van der Waals surface area (Å²) in [6.07, 6.45) is 0.827. The van der Waals surface area contributed by atoms with Crippen LogP contribution in [0, 0.1) is 20.8 Å². The SMILES string of the molecule is Cc1cc(C)cc(Oc2cc(C=O)ccc2C)c1. The first kappa shape index (κ1) is 12.4. The molecule has 2 nitrogen and oxygen atoms in total. The summed E-state index contributed by atoms with van der Waals surface area (Å²) in [6, 6.07) is 11.5. The first-order valence-electron chi connectivity index (χ1n) is 5.90. The fourth-order valence-corrected chi connectivity index (χ4v) is 1.92. The molecule has 0 radical (unpaired) electrons. The summed E-state index contributed by atoms with van der Waals surface area (Å²) in [5.74, 6) is 1.53. The number of hydrogen-bond donors (Lipinski definition) is 0. The average molecular weight is 240 g/mol. The summed E-state index contributed by atoms with van der Waals surface area (Å²) < 4.78 is 5.85. The Labute approximate surface area is 107 Å². The molecule has 0 bridgehead atoms. The van der Waals surface area contributed by atoms with E-state index in [-0.39, 0.29) is 0 Å². The van der Waals surface area contributed by atoms with Gasteiger partial charge >= 0.3 is 0 Å². The molecule has 2 aromatic carbocycles. The molecule has 0 unspecified atom stereocenters. The van der Waals surface area contributed by atoms with E-state index in [9.17, 15) is 4.79 Å². The summed E-state index contributed by atoms with van der Waals surface area (Å²) in [6.45, 7) is 6.04. The Morgan fingerprint density at radius 3 is 2.22 bits per heavy atom. The van der Waals surface area contributed by atoms with E-state index in [1.165, 1.54) is 0 Å². The highest BCUT2D eigenvalue weighted by molar-refractivity contribution is 5.76. The highest BCUT2D eigenvalue weighted by Crippen LogP contribution is 2.27. The van der Waals surface area contributed by atoms with Gasteiger partial charge in [-0.3, -0.25) is 4.79 Å². The molecule has 0 aliphatic heterocycles. The van der Waals surface area contributed by atoms with Gasteiger partial charge in [-0.15, -0.1) is 0 Å². The molecule has 0 saturated carbocycles. The van der Waals surface area contributed by atoms with Gasteiger partial charge in [-0.05, 0) is 55.7 Å². The second kappa shape index (κ2) is 5.05. The van der Waals surface area contributed by atoms with Crippen LogP contribution in [-0.2, 0) is 0 Å². The van der Waals surface area contributed by atoms with Crippen molar-refractivity contribution in [1.82, 2.24) is 0 Å². The summed E-state index contributed by atoms with van der Waals surface area (Å²) in [5, 5.41) is 0. The molecule has 0 aliphatic rings. The fourth-order valence-electron chi connectivity index (χ4n) is 1.92. The second-order valence-corrected chi connectivity index (χ2v) is 4.57. The van der Waals surface area contributed by atoms with E-state index >= 15 is 0 Å². The van der Waals surface area contributed by atoms with Crippen molar-refractivity contribution in [2.24, 2.45) is 0 Å². The van der Waals surface area contributed by atoms with Crippen LogP contribution in [0.5, 0.6) is 11.5 Å². The molecule has 2 aromatic rings. The van der Waals surface area contributed by atoms with Crippen LogP contribution in [0.3, 0.4) is 0 Å². The van der Waals surface area contributed by atoms with Crippen LogP contribution in [0.4, 0.5) is 0 Å². The third kappa shape index (κ3) is 2.77. The Morgan fingerprint density at radius 1 is 0.944 bits per heavy atom. The fraction of sp³-hybridized carbons (Fsp3) is 0.188. The van der Waals surface area contributed by atoms with Gasteiger partial charge in [0.25, 0.3) is 0 Å². The van der Waals surface area contributed by atoms with Crippen molar-refractivity contribution >= 4 is 6.29 Å². The van der Waals surface area contributed by atoms with Gasteiger partial charge in [0.2, 0.25) is 0 Å². The lowest BCUT2D eigenvalue weighted by Gasteiger charge is -2.10. The van der Waals surface area contributed by atoms with Crippen molar-refractivity contribution in [2.45, 2.75) is 20.8 Å². The highest BCUT2D eigenvalue weighted by Gasteiger charge is 2.04. The van der Waals surface area contributed by atoms with E-state index in [1.807, 2.05) is 39.0 Å². The summed E-state index contributed by atoms with van der Waals surface area (Å²) >= 11 is 0. The number of ether oxygens (including phenoxy) is 1. The number of hydrogen-bond acceptors (Lipinski definition) is 2. The van der Waals surface area contributed by atoms with Crippen LogP contribution in [0.2, 0.25) is 0 Å². The Kier molecular flexibility index (Phi) is 3.47. The molecule has 0 heterocycles. The van der Waals surface area contributed by atoms with Gasteiger partial charge in [-0.25, -0.2) is 0 Å². The van der Waals surface area contributed by atoms with Crippen LogP contribution in [0.15, 0.2) is 36.4 Å². The zero-order valence-corrected chi connectivity index (χ0v) is 10.9. The summed E-state index contributed by atoms with van der Waals surface area (Å²) in [5.41, 5.74) is 3.96. The lowest BCUT2D eigenvalue weighted by molar-refractivity contribution is 0.112. The van der Waals surface area contributed by atoms with Crippen LogP contribution in [-0.4, -0.2) is 6.29 Å². The monoisotopic (exact) mass is 240 g/mol. The molecule has 0 amide bonds. The Hall–Kier alpha value is -2.09. The van der Waals surface area contributed by atoms with E-state index in [2.05, 4.69) is 6.07 Å². The third-order valence-electron chi connectivity index (χ3n) is 2.77. The molecular weight excluding hydrogens is 224 g/mol. The number of carbonyl (C=O) groups excluding carboxylic acids is 1. The van der Waals surface area contributed by atoms with Gasteiger partial charge in [0.1, 0.15) is 17.8 Å². The van der Waals surface area contributed by atoms with Crippen LogP contribution >= 0.6 is 0 Å². The third-order valence-corrected chi connectivity index (χ3v) is 2.77. The number of aldehydes is 1. The minimum Gasteiger partial charge on any atom is -0.457 e. The molecule has 0 fully saturated rings. The maximum atomic E-state index is 10.8. The number of aryl methyl sites for hydroxylation is 3. The molecule has 0 N–H and O–H groups in total. The minimum absolute atomic E-state index is 0.625. The molecule has 18 heavy (non-hydrogen) atoms. The van der Waals surface area contributed by atoms with Crippen LogP contribution in [0.25, 0.3) is 0 Å². The van der Waals surface area contributed by atoms with E-state index in [1.54, 1.807) is 12.1 Å². The van der Waals surface area contributed by atoms with Gasteiger partial charge in [0.05, 0.1) is 0 Å². The molecule has 0 aliphatic carbocycles. The molecular formula is C16H16O2. The minimum atomic E-state index is 0.625. The predicted molar refractivity (Wildman–Crippen MR) is 72.6 cm³/mol. The quantitative estimate of drug-likeness (QED) is 0.751. The Bertz CT molecular complexity index is 565. The molecule has 92 valence electrons. The van der Waals surface area contributed by atoms with Crippen LogP contribution in [0.1, 0.15) is 27.0 Å². The highest BCUT2D eigenvalue weighted by atomic mass is 16.5. The standard InChI is InChI=1S/C16H16O2/c1-11-6-12(2)8-15(7-11)18-16-9-14(10-17)5-4-13(16)3/h4-10H,1-3H3. The van der Waals surface area contributed by atoms with Crippen molar-refractivity contribution in [1.29, 1.82) is 0 Å². The van der Waals surface area contributed by atoms with Crippen molar-refractivity contribution in [3.63, 3.8) is 0 Å². The van der Waals surface area contributed by atoms with Crippen molar-refractivity contribution in [3.05, 3.63) is 58.7 Å². The Morgan fingerprint density at radius 2 is 1.61 bits per heavy atom. The maximum absolute atomic E-state index is 10.8. The van der Waals surface area contributed by atoms with Gasteiger partial charge in [0.15, 0.2) is 0 Å². The predicted octanol–water partition coefficient (Wildman–Crippen LogP) is 4.22. The second-order valence-electron chi connectivity index (χ2n) is 4.57. The lowest BCUT2D eigenvalue weighted by Crippen LogP contribution is -1.91. The van der Waals surface area contributed by atoms with E-state index in [0.717, 1.165) is 34.5 Å². The number of carbonyl (C=O) groups is 1. The van der Waals surface area contributed by atoms with Gasteiger partial charge in [0, 0.05) is 5.56 Å². The van der Waals surface area contributed by atoms with Gasteiger partial charge in [-0.1, -0.05) is 18.2 Å². The summed E-state index contributed by atoms with van der Waals surface area (Å²) in [4.78, 5) is 10.8. The molecule has 0 atom stereocenters. The summed E-state index contributed by atoms with van der Waals surface area (Å²) in [7, 11) is 0. The molecule has 0 aromatic heterocycles. The zero-order chi connectivity index (χ0) is 13.1. The Balaban J connectivity index is 2.35. The normalized spacial score (nSPS) is 10.2. The average Bonchev–Trinajstić information content (AvgIpc) is 2.30. The van der Waals surface area contributed by atoms with Crippen molar-refractivity contribution < 1.29 is 9.53 Å². The first-order valence-corrected chi connectivity index (χ1v) is 5.90. The smallest absolute Gasteiger partial charge is 0.150 e. The van der Waals surface area contributed by atoms with Crippen molar-refractivity contribution in [2.75, 3.05) is 0 Å². The van der Waals surface area contributed by atoms with Crippen molar-refractivity contribution in [3.8, 4) is 11.5 Å². The first-order chi connectivity index (χ1) is 8.58. The zero-order valence-electron chi connectivity index (χ0n) is 10.9. The number of benzene rings is 2. The van der Waals surface area contributed by atoms with Gasteiger partial charge < -0.3 is 4.74 Å². The largest absolute Gasteiger partial charge is 0.457 e. The molecule has 0 spiro atoms. The topological polar surface area (TPSA) is 26.3 Å². The van der Waals surface area contributed by atoms with E-state index < -0.39 is 0 Å². The molecule has 0 saturated heterocycles. The maximum Gasteiger partial charge on any atom is 0.150 e. The molecule has 2 heteroatoms. The number of rotatable bonds is 3. The van der Waals surface area contributed by atoms with E-state index in [4.69, 9.17) is 4.74 Å².